The fraction of sp³-hybridized carbons (Fsp3) is 0.120. The van der Waals surface area contributed by atoms with Crippen molar-refractivity contribution < 1.29 is 9.53 Å². The van der Waals surface area contributed by atoms with Crippen LogP contribution in [-0.4, -0.2) is 11.1 Å². The predicted molar refractivity (Wildman–Crippen MR) is 129 cm³/mol. The summed E-state index contributed by atoms with van der Waals surface area (Å²) in [6.45, 7) is 4.52. The molecule has 1 amide bonds. The van der Waals surface area contributed by atoms with Crippen LogP contribution in [0.2, 0.25) is 5.02 Å². The first kappa shape index (κ1) is 21.2. The van der Waals surface area contributed by atoms with Crippen molar-refractivity contribution in [3.63, 3.8) is 0 Å². The molecule has 0 aromatic heterocycles. The van der Waals surface area contributed by atoms with Gasteiger partial charge in [0.1, 0.15) is 12.4 Å². The zero-order valence-electron chi connectivity index (χ0n) is 17.2. The van der Waals surface area contributed by atoms with Crippen molar-refractivity contribution in [3.05, 3.63) is 98.9 Å². The van der Waals surface area contributed by atoms with E-state index in [2.05, 4.69) is 29.4 Å². The maximum absolute atomic E-state index is 12.3. The van der Waals surface area contributed by atoms with E-state index in [1.54, 1.807) is 6.07 Å². The van der Waals surface area contributed by atoms with Crippen LogP contribution < -0.4 is 10.1 Å². The molecular formula is C25H21ClN2O2S. The predicted octanol–water partition coefficient (Wildman–Crippen LogP) is 6.43. The normalized spacial score (nSPS) is 16.0. The average molecular weight is 449 g/mol. The van der Waals surface area contributed by atoms with E-state index in [4.69, 9.17) is 16.3 Å². The van der Waals surface area contributed by atoms with Crippen molar-refractivity contribution in [1.29, 1.82) is 0 Å². The Hall–Kier alpha value is -3.02. The minimum absolute atomic E-state index is 0.157. The van der Waals surface area contributed by atoms with Gasteiger partial charge in [0, 0.05) is 5.02 Å². The minimum Gasteiger partial charge on any atom is -0.489 e. The van der Waals surface area contributed by atoms with Crippen LogP contribution in [0.5, 0.6) is 5.75 Å². The standard InChI is InChI=1S/C25H21ClN2O2S/c1-16-4-3-5-19(12-16)15-30-21-9-6-18(7-10-21)14-23-24(29)28-25(31-23)27-22-11-8-20(26)13-17(22)2/h3-14H,15H2,1-2H3,(H,27,28,29)/b23-14-. The molecule has 6 heteroatoms. The number of rotatable bonds is 5. The number of ether oxygens (including phenoxy) is 1. The zero-order valence-corrected chi connectivity index (χ0v) is 18.8. The lowest BCUT2D eigenvalue weighted by atomic mass is 10.1. The number of nitrogens with one attached hydrogen (secondary N) is 1. The Labute approximate surface area is 191 Å². The summed E-state index contributed by atoms with van der Waals surface area (Å²) in [6.07, 6.45) is 1.85. The van der Waals surface area contributed by atoms with Gasteiger partial charge in [-0.15, -0.1) is 0 Å². The summed E-state index contributed by atoms with van der Waals surface area (Å²) in [5.74, 6) is 0.628. The van der Waals surface area contributed by atoms with Gasteiger partial charge in [0.2, 0.25) is 0 Å². The van der Waals surface area contributed by atoms with Crippen LogP contribution in [0, 0.1) is 13.8 Å². The van der Waals surface area contributed by atoms with E-state index < -0.39 is 0 Å². The molecule has 0 aliphatic carbocycles. The number of halogens is 1. The molecule has 1 N–H and O–H groups in total. The lowest BCUT2D eigenvalue weighted by Crippen LogP contribution is -2.19. The van der Waals surface area contributed by atoms with E-state index in [-0.39, 0.29) is 5.91 Å². The van der Waals surface area contributed by atoms with Crippen molar-refractivity contribution in [1.82, 2.24) is 5.32 Å². The molecular weight excluding hydrogens is 428 g/mol. The number of benzene rings is 3. The van der Waals surface area contributed by atoms with E-state index in [0.29, 0.717) is 21.7 Å². The van der Waals surface area contributed by atoms with Crippen LogP contribution in [-0.2, 0) is 11.4 Å². The molecule has 31 heavy (non-hydrogen) atoms. The maximum Gasteiger partial charge on any atom is 0.264 e. The van der Waals surface area contributed by atoms with Crippen molar-refractivity contribution in [3.8, 4) is 5.75 Å². The Balaban J connectivity index is 1.42. The highest BCUT2D eigenvalue weighted by Gasteiger charge is 2.24. The van der Waals surface area contributed by atoms with E-state index in [1.165, 1.54) is 17.3 Å². The number of carbonyl (C=O) groups excluding carboxylic acids is 1. The smallest absolute Gasteiger partial charge is 0.264 e. The molecule has 1 saturated heterocycles. The molecule has 3 aromatic carbocycles. The molecule has 0 bridgehead atoms. The zero-order chi connectivity index (χ0) is 21.8. The summed E-state index contributed by atoms with van der Waals surface area (Å²) >= 11 is 7.32. The third-order valence-electron chi connectivity index (χ3n) is 4.70. The van der Waals surface area contributed by atoms with Gasteiger partial charge in [-0.3, -0.25) is 4.79 Å². The third-order valence-corrected chi connectivity index (χ3v) is 5.84. The lowest BCUT2D eigenvalue weighted by Gasteiger charge is -2.07. The number of amides is 1. The molecule has 4 rings (SSSR count). The highest BCUT2D eigenvalue weighted by Crippen LogP contribution is 2.30. The van der Waals surface area contributed by atoms with E-state index >= 15 is 0 Å². The van der Waals surface area contributed by atoms with Crippen molar-refractivity contribution >= 4 is 46.2 Å². The average Bonchev–Trinajstić information content (AvgIpc) is 3.08. The Kier molecular flexibility index (Phi) is 6.44. The number of aryl methyl sites for hydroxylation is 2. The molecule has 0 unspecified atom stereocenters. The largest absolute Gasteiger partial charge is 0.489 e. The second-order valence-corrected chi connectivity index (χ2v) is 8.73. The molecule has 4 nitrogen and oxygen atoms in total. The first-order valence-electron chi connectivity index (χ1n) is 9.80. The van der Waals surface area contributed by atoms with Gasteiger partial charge in [-0.05, 0) is 78.7 Å². The summed E-state index contributed by atoms with van der Waals surface area (Å²) in [4.78, 5) is 17.5. The lowest BCUT2D eigenvalue weighted by molar-refractivity contribution is -0.115. The van der Waals surface area contributed by atoms with Crippen LogP contribution in [0.1, 0.15) is 22.3 Å². The molecule has 0 saturated carbocycles. The number of hydrogen-bond acceptors (Lipinski definition) is 4. The highest BCUT2D eigenvalue weighted by atomic mass is 35.5. The molecule has 0 radical (unpaired) electrons. The fourth-order valence-corrected chi connectivity index (χ4v) is 4.18. The number of amidine groups is 1. The monoisotopic (exact) mass is 448 g/mol. The molecule has 0 atom stereocenters. The van der Waals surface area contributed by atoms with E-state index in [9.17, 15) is 4.79 Å². The molecule has 0 spiro atoms. The van der Waals surface area contributed by atoms with Crippen LogP contribution >= 0.6 is 23.4 Å². The Morgan fingerprint density at radius 3 is 2.61 bits per heavy atom. The first-order chi connectivity index (χ1) is 15.0. The SMILES string of the molecule is Cc1cccc(COc2ccc(/C=C3\SC(=Nc4ccc(Cl)cc4C)NC3=O)cc2)c1. The second kappa shape index (κ2) is 9.41. The molecule has 1 heterocycles. The summed E-state index contributed by atoms with van der Waals surface area (Å²) in [6, 6.07) is 21.4. The Bertz CT molecular complexity index is 1190. The van der Waals surface area contributed by atoms with E-state index in [1.807, 2.05) is 61.5 Å². The summed E-state index contributed by atoms with van der Waals surface area (Å²) in [5.41, 5.74) is 5.00. The maximum atomic E-state index is 12.3. The molecule has 156 valence electrons. The van der Waals surface area contributed by atoms with Crippen molar-refractivity contribution in [2.75, 3.05) is 0 Å². The number of aliphatic imine (C=N–C) groups is 1. The Morgan fingerprint density at radius 1 is 1.06 bits per heavy atom. The summed E-state index contributed by atoms with van der Waals surface area (Å²) < 4.78 is 5.86. The number of nitrogens with zero attached hydrogens (tertiary/aromatic N) is 1. The van der Waals surface area contributed by atoms with Gasteiger partial charge in [-0.1, -0.05) is 53.6 Å². The fourth-order valence-electron chi connectivity index (χ4n) is 3.11. The Morgan fingerprint density at radius 2 is 1.87 bits per heavy atom. The summed E-state index contributed by atoms with van der Waals surface area (Å²) in [7, 11) is 0. The number of hydrogen-bond donors (Lipinski definition) is 1. The molecule has 3 aromatic rings. The minimum atomic E-state index is -0.157. The van der Waals surface area contributed by atoms with E-state index in [0.717, 1.165) is 28.1 Å². The van der Waals surface area contributed by atoms with Gasteiger partial charge in [-0.25, -0.2) is 4.99 Å². The van der Waals surface area contributed by atoms with Gasteiger partial charge in [-0.2, -0.15) is 0 Å². The van der Waals surface area contributed by atoms with Gasteiger partial charge < -0.3 is 10.1 Å². The molecule has 1 aliphatic rings. The number of thioether (sulfide) groups is 1. The van der Waals surface area contributed by atoms with Gasteiger partial charge in [0.25, 0.3) is 5.91 Å². The van der Waals surface area contributed by atoms with Crippen LogP contribution in [0.25, 0.3) is 6.08 Å². The quantitative estimate of drug-likeness (QED) is 0.457. The van der Waals surface area contributed by atoms with Crippen LogP contribution in [0.4, 0.5) is 5.69 Å². The number of carbonyl (C=O) groups is 1. The second-order valence-electron chi connectivity index (χ2n) is 7.26. The van der Waals surface area contributed by atoms with Crippen LogP contribution in [0.3, 0.4) is 0 Å². The first-order valence-corrected chi connectivity index (χ1v) is 11.0. The highest BCUT2D eigenvalue weighted by molar-refractivity contribution is 8.18. The van der Waals surface area contributed by atoms with Gasteiger partial charge in [0.05, 0.1) is 10.6 Å². The van der Waals surface area contributed by atoms with Crippen molar-refractivity contribution in [2.45, 2.75) is 20.5 Å². The topological polar surface area (TPSA) is 50.7 Å². The van der Waals surface area contributed by atoms with Crippen LogP contribution in [0.15, 0.2) is 76.6 Å². The third kappa shape index (κ3) is 5.57. The van der Waals surface area contributed by atoms with Gasteiger partial charge >= 0.3 is 0 Å². The summed E-state index contributed by atoms with van der Waals surface area (Å²) in [5, 5.41) is 4.04. The van der Waals surface area contributed by atoms with Gasteiger partial charge in [0.15, 0.2) is 5.17 Å². The molecule has 1 fully saturated rings. The van der Waals surface area contributed by atoms with Crippen molar-refractivity contribution in [2.24, 2.45) is 4.99 Å². The molecule has 1 aliphatic heterocycles.